The van der Waals surface area contributed by atoms with Gasteiger partial charge in [-0.05, 0) is 43.5 Å². The van der Waals surface area contributed by atoms with E-state index in [9.17, 15) is 9.90 Å². The Morgan fingerprint density at radius 1 is 1.48 bits per heavy atom. The Morgan fingerprint density at radius 2 is 2.26 bits per heavy atom. The molecule has 2 aromatic rings. The van der Waals surface area contributed by atoms with Crippen LogP contribution in [0.1, 0.15) is 24.2 Å². The van der Waals surface area contributed by atoms with Gasteiger partial charge in [-0.15, -0.1) is 0 Å². The molecule has 6 nitrogen and oxygen atoms in total. The van der Waals surface area contributed by atoms with Gasteiger partial charge in [-0.1, -0.05) is 6.08 Å². The number of aryl methyl sites for hydroxylation is 1. The second-order valence-corrected chi connectivity index (χ2v) is 6.02. The molecule has 0 spiro atoms. The minimum atomic E-state index is -0.921. The van der Waals surface area contributed by atoms with E-state index in [0.717, 1.165) is 31.0 Å². The van der Waals surface area contributed by atoms with E-state index in [-0.39, 0.29) is 0 Å². The molecular weight excluding hydrogens is 294 g/mol. The summed E-state index contributed by atoms with van der Waals surface area (Å²) in [7, 11) is 0. The van der Waals surface area contributed by atoms with Crippen LogP contribution in [0.4, 0.5) is 0 Å². The quantitative estimate of drug-likeness (QED) is 0.917. The standard InChI is InChI=1S/C17H21N3O3/c1-14-12-18-20(13-14)17(16(21)22)6-9-19(10-7-17)8-2-4-15-5-3-11-23-15/h2-5,11-13H,6-10H2,1H3,(H,21,22)/b4-2+. The minimum absolute atomic E-state index is 0.554. The lowest BCUT2D eigenvalue weighted by Gasteiger charge is -2.38. The Bertz CT molecular complexity index is 680. The van der Waals surface area contributed by atoms with Gasteiger partial charge in [0.15, 0.2) is 5.54 Å². The van der Waals surface area contributed by atoms with Crippen molar-refractivity contribution in [1.29, 1.82) is 0 Å². The predicted octanol–water partition coefficient (Wildman–Crippen LogP) is 2.37. The third-order valence-corrected chi connectivity index (χ3v) is 4.42. The molecule has 0 amide bonds. The van der Waals surface area contributed by atoms with E-state index in [1.54, 1.807) is 17.1 Å². The van der Waals surface area contributed by atoms with Gasteiger partial charge in [0.25, 0.3) is 0 Å². The lowest BCUT2D eigenvalue weighted by molar-refractivity contribution is -0.151. The van der Waals surface area contributed by atoms with E-state index in [2.05, 4.69) is 10.00 Å². The van der Waals surface area contributed by atoms with E-state index in [1.807, 2.05) is 37.4 Å². The number of rotatable bonds is 5. The lowest BCUT2D eigenvalue weighted by Crippen LogP contribution is -2.51. The molecule has 3 heterocycles. The maximum absolute atomic E-state index is 11.9. The van der Waals surface area contributed by atoms with Gasteiger partial charge < -0.3 is 9.52 Å². The van der Waals surface area contributed by atoms with E-state index < -0.39 is 11.5 Å². The molecule has 1 saturated heterocycles. The third-order valence-electron chi connectivity index (χ3n) is 4.42. The van der Waals surface area contributed by atoms with Crippen molar-refractivity contribution in [2.75, 3.05) is 19.6 Å². The summed E-state index contributed by atoms with van der Waals surface area (Å²) in [4.78, 5) is 14.1. The summed E-state index contributed by atoms with van der Waals surface area (Å²) >= 11 is 0. The first-order valence-corrected chi connectivity index (χ1v) is 7.78. The Hall–Kier alpha value is -2.34. The van der Waals surface area contributed by atoms with Crippen LogP contribution in [0.5, 0.6) is 0 Å². The topological polar surface area (TPSA) is 71.5 Å². The van der Waals surface area contributed by atoms with Gasteiger partial charge in [-0.25, -0.2) is 4.79 Å². The second kappa shape index (κ2) is 6.42. The van der Waals surface area contributed by atoms with Gasteiger partial charge >= 0.3 is 5.97 Å². The summed E-state index contributed by atoms with van der Waals surface area (Å²) in [5, 5.41) is 14.0. The highest BCUT2D eigenvalue weighted by Gasteiger charge is 2.43. The molecule has 122 valence electrons. The molecule has 0 bridgehead atoms. The zero-order valence-corrected chi connectivity index (χ0v) is 13.2. The smallest absolute Gasteiger partial charge is 0.331 e. The van der Waals surface area contributed by atoms with Gasteiger partial charge in [-0.3, -0.25) is 9.58 Å². The molecule has 0 saturated carbocycles. The molecular formula is C17H21N3O3. The van der Waals surface area contributed by atoms with E-state index in [4.69, 9.17) is 4.42 Å². The summed E-state index contributed by atoms with van der Waals surface area (Å²) in [5.41, 5.74) is 0.0598. The molecule has 0 aliphatic carbocycles. The molecule has 1 aliphatic rings. The fourth-order valence-electron chi connectivity index (χ4n) is 3.00. The van der Waals surface area contributed by atoms with Crippen molar-refractivity contribution in [2.24, 2.45) is 0 Å². The Balaban J connectivity index is 1.62. The fourth-order valence-corrected chi connectivity index (χ4v) is 3.00. The molecule has 1 N–H and O–H groups in total. The molecule has 6 heteroatoms. The van der Waals surface area contributed by atoms with Gasteiger partial charge in [0.2, 0.25) is 0 Å². The van der Waals surface area contributed by atoms with Crippen molar-refractivity contribution in [3.05, 3.63) is 48.2 Å². The first kappa shape index (κ1) is 15.6. The minimum Gasteiger partial charge on any atom is -0.479 e. The molecule has 0 aromatic carbocycles. The number of likely N-dealkylation sites (tertiary alicyclic amines) is 1. The second-order valence-electron chi connectivity index (χ2n) is 6.02. The number of hydrogen-bond donors (Lipinski definition) is 1. The molecule has 3 rings (SSSR count). The largest absolute Gasteiger partial charge is 0.479 e. The Morgan fingerprint density at radius 3 is 2.83 bits per heavy atom. The summed E-state index contributed by atoms with van der Waals surface area (Å²) in [6, 6.07) is 3.76. The van der Waals surface area contributed by atoms with Crippen LogP contribution in [0.25, 0.3) is 6.08 Å². The molecule has 0 unspecified atom stereocenters. The molecule has 0 radical (unpaired) electrons. The number of carbonyl (C=O) groups is 1. The number of nitrogens with zero attached hydrogens (tertiary/aromatic N) is 3. The van der Waals surface area contributed by atoms with E-state index >= 15 is 0 Å². The average molecular weight is 315 g/mol. The van der Waals surface area contributed by atoms with Crippen LogP contribution >= 0.6 is 0 Å². The number of furan rings is 1. The van der Waals surface area contributed by atoms with Crippen molar-refractivity contribution in [3.63, 3.8) is 0 Å². The lowest BCUT2D eigenvalue weighted by atomic mass is 9.87. The Labute approximate surface area is 135 Å². The first-order chi connectivity index (χ1) is 11.1. The molecule has 0 atom stereocenters. The van der Waals surface area contributed by atoms with Crippen LogP contribution in [-0.4, -0.2) is 45.4 Å². The van der Waals surface area contributed by atoms with Crippen LogP contribution in [0.2, 0.25) is 0 Å². The van der Waals surface area contributed by atoms with Crippen molar-refractivity contribution in [1.82, 2.24) is 14.7 Å². The van der Waals surface area contributed by atoms with Crippen LogP contribution in [0, 0.1) is 6.92 Å². The normalized spacial score (nSPS) is 18.5. The SMILES string of the molecule is Cc1cnn(C2(C(=O)O)CCN(C/C=C/c3ccco3)CC2)c1. The van der Waals surface area contributed by atoms with Gasteiger partial charge in [0.1, 0.15) is 5.76 Å². The summed E-state index contributed by atoms with van der Waals surface area (Å²) < 4.78 is 6.88. The Kier molecular flexibility index (Phi) is 4.34. The average Bonchev–Trinajstić information content (AvgIpc) is 3.20. The molecule has 2 aromatic heterocycles. The van der Waals surface area contributed by atoms with Gasteiger partial charge in [0, 0.05) is 25.8 Å². The molecule has 23 heavy (non-hydrogen) atoms. The summed E-state index contributed by atoms with van der Waals surface area (Å²) in [5.74, 6) is 0.0280. The fraction of sp³-hybridized carbons (Fsp3) is 0.412. The molecule has 1 fully saturated rings. The van der Waals surface area contributed by atoms with Gasteiger partial charge in [-0.2, -0.15) is 5.10 Å². The number of aromatic nitrogens is 2. The number of piperidine rings is 1. The monoisotopic (exact) mass is 315 g/mol. The van der Waals surface area contributed by atoms with E-state index in [0.29, 0.717) is 12.8 Å². The zero-order valence-electron chi connectivity index (χ0n) is 13.2. The molecule has 1 aliphatic heterocycles. The highest BCUT2D eigenvalue weighted by Crippen LogP contribution is 2.30. The maximum atomic E-state index is 11.9. The zero-order chi connectivity index (χ0) is 16.3. The third kappa shape index (κ3) is 3.22. The number of aliphatic carboxylic acids is 1. The highest BCUT2D eigenvalue weighted by atomic mass is 16.4. The van der Waals surface area contributed by atoms with Crippen molar-refractivity contribution in [2.45, 2.75) is 25.3 Å². The van der Waals surface area contributed by atoms with Crippen LogP contribution < -0.4 is 0 Å². The number of carboxylic acids is 1. The number of carboxylic acid groups (broad SMARTS) is 1. The van der Waals surface area contributed by atoms with Crippen molar-refractivity contribution < 1.29 is 14.3 Å². The predicted molar refractivity (Wildman–Crippen MR) is 86.0 cm³/mol. The highest BCUT2D eigenvalue weighted by molar-refractivity contribution is 5.76. The van der Waals surface area contributed by atoms with Crippen LogP contribution in [-0.2, 0) is 10.3 Å². The van der Waals surface area contributed by atoms with Crippen LogP contribution in [0.15, 0.2) is 41.3 Å². The van der Waals surface area contributed by atoms with Crippen molar-refractivity contribution in [3.8, 4) is 0 Å². The summed E-state index contributed by atoms with van der Waals surface area (Å²) in [6.45, 7) is 4.17. The number of hydrogen-bond acceptors (Lipinski definition) is 4. The maximum Gasteiger partial charge on any atom is 0.331 e. The first-order valence-electron chi connectivity index (χ1n) is 7.78. The van der Waals surface area contributed by atoms with Crippen molar-refractivity contribution >= 4 is 12.0 Å². The van der Waals surface area contributed by atoms with Gasteiger partial charge in [0.05, 0.1) is 12.5 Å². The summed E-state index contributed by atoms with van der Waals surface area (Å²) in [6.07, 6.45) is 10.3. The van der Waals surface area contributed by atoms with Crippen LogP contribution in [0.3, 0.4) is 0 Å². The van der Waals surface area contributed by atoms with E-state index in [1.165, 1.54) is 0 Å².